The molecule has 0 fully saturated rings. The number of aromatic nitrogens is 3. The summed E-state index contributed by atoms with van der Waals surface area (Å²) in [7, 11) is 6.26. The third-order valence-corrected chi connectivity index (χ3v) is 11.3. The molecule has 4 aliphatic rings. The van der Waals surface area contributed by atoms with Gasteiger partial charge in [0, 0.05) is 74.4 Å². The van der Waals surface area contributed by atoms with Crippen LogP contribution in [0.3, 0.4) is 0 Å². The Hall–Kier alpha value is -5.10. The molecule has 10 rings (SSSR count). The third kappa shape index (κ3) is 9.77. The average molecular weight is 736 g/mol. The monoisotopic (exact) mass is 735 g/mol. The molecule has 2 atom stereocenters. The normalized spacial score (nSPS) is 16.8. The summed E-state index contributed by atoms with van der Waals surface area (Å²) in [6, 6.07) is 30.4. The number of pyridine rings is 2. The second-order valence-electron chi connectivity index (χ2n) is 16.1. The summed E-state index contributed by atoms with van der Waals surface area (Å²) in [6.45, 7) is 18.1. The van der Waals surface area contributed by atoms with Crippen molar-refractivity contribution in [3.63, 3.8) is 0 Å². The Bertz CT molecular complexity index is 2000. The van der Waals surface area contributed by atoms with Crippen molar-refractivity contribution in [3.8, 4) is 5.75 Å². The number of rotatable bonds is 0. The van der Waals surface area contributed by atoms with Gasteiger partial charge in [-0.1, -0.05) is 73.5 Å². The van der Waals surface area contributed by atoms with E-state index in [1.165, 1.54) is 76.1 Å². The van der Waals surface area contributed by atoms with Gasteiger partial charge in [-0.25, -0.2) is 9.97 Å². The SMILES string of the molecule is Cc1ccc2c(c1)C(C)CC2.Cc1ccc2c(c1)C(C)CO2.Cc1ccc2c(c1)N(C)CC2.Cc1ccc2c(n1)N(C)CC2.Cc1ccc2ccn(C)c2n1. The lowest BCUT2D eigenvalue weighted by atomic mass is 10.0. The van der Waals surface area contributed by atoms with E-state index in [1.54, 1.807) is 11.1 Å². The van der Waals surface area contributed by atoms with Crippen molar-refractivity contribution in [2.45, 2.75) is 86.0 Å². The lowest BCUT2D eigenvalue weighted by Crippen LogP contribution is -2.13. The second-order valence-corrected chi connectivity index (χ2v) is 16.1. The van der Waals surface area contributed by atoms with Crippen LogP contribution in [0.1, 0.15) is 88.0 Å². The van der Waals surface area contributed by atoms with Gasteiger partial charge >= 0.3 is 0 Å². The molecule has 0 spiro atoms. The maximum Gasteiger partial charge on any atom is 0.139 e. The molecule has 0 saturated heterocycles. The Balaban J connectivity index is 0.000000117. The maximum atomic E-state index is 5.47. The Morgan fingerprint density at radius 1 is 0.582 bits per heavy atom. The number of benzene rings is 3. The van der Waals surface area contributed by atoms with E-state index < -0.39 is 0 Å². The number of nitrogens with zero attached hydrogens (tertiary/aromatic N) is 5. The van der Waals surface area contributed by atoms with E-state index in [0.717, 1.165) is 48.3 Å². The van der Waals surface area contributed by atoms with Gasteiger partial charge < -0.3 is 19.1 Å². The molecule has 55 heavy (non-hydrogen) atoms. The van der Waals surface area contributed by atoms with Crippen molar-refractivity contribution < 1.29 is 4.74 Å². The molecule has 1 aliphatic carbocycles. The van der Waals surface area contributed by atoms with Gasteiger partial charge in [0.15, 0.2) is 0 Å². The van der Waals surface area contributed by atoms with E-state index in [0.29, 0.717) is 5.92 Å². The zero-order valence-corrected chi connectivity index (χ0v) is 34.9. The van der Waals surface area contributed by atoms with E-state index in [1.807, 2.05) is 37.7 Å². The van der Waals surface area contributed by atoms with E-state index in [-0.39, 0.29) is 0 Å². The smallest absolute Gasteiger partial charge is 0.139 e. The van der Waals surface area contributed by atoms with Crippen molar-refractivity contribution >= 4 is 22.5 Å². The van der Waals surface area contributed by atoms with Crippen LogP contribution in [0.4, 0.5) is 11.5 Å². The summed E-state index contributed by atoms with van der Waals surface area (Å²) in [4.78, 5) is 13.4. The Morgan fingerprint density at radius 3 is 1.98 bits per heavy atom. The van der Waals surface area contributed by atoms with Crippen molar-refractivity contribution in [2.75, 3.05) is 43.6 Å². The Kier molecular flexibility index (Phi) is 12.7. The lowest BCUT2D eigenvalue weighted by Gasteiger charge is -2.11. The molecule has 3 aromatic heterocycles. The minimum absolute atomic E-state index is 0.574. The van der Waals surface area contributed by atoms with Crippen LogP contribution in [-0.4, -0.2) is 48.3 Å². The predicted molar refractivity (Wildman–Crippen MR) is 233 cm³/mol. The van der Waals surface area contributed by atoms with Crippen LogP contribution in [0.15, 0.2) is 91.1 Å². The summed E-state index contributed by atoms with van der Waals surface area (Å²) in [5, 5.41) is 1.21. The molecule has 6 heteroatoms. The van der Waals surface area contributed by atoms with E-state index >= 15 is 0 Å². The topological polar surface area (TPSA) is 46.4 Å². The minimum Gasteiger partial charge on any atom is -0.493 e. The van der Waals surface area contributed by atoms with E-state index in [2.05, 4.69) is 147 Å². The first-order valence-electron chi connectivity index (χ1n) is 20.1. The summed E-state index contributed by atoms with van der Waals surface area (Å²) in [6.07, 6.45) is 7.03. The van der Waals surface area contributed by atoms with E-state index in [9.17, 15) is 0 Å². The van der Waals surface area contributed by atoms with Crippen molar-refractivity contribution in [2.24, 2.45) is 7.05 Å². The lowest BCUT2D eigenvalue weighted by molar-refractivity contribution is 0.337. The molecule has 0 radical (unpaired) electrons. The van der Waals surface area contributed by atoms with Crippen molar-refractivity contribution in [1.29, 1.82) is 0 Å². The first-order valence-corrected chi connectivity index (χ1v) is 20.1. The van der Waals surface area contributed by atoms with E-state index in [4.69, 9.17) is 4.74 Å². The van der Waals surface area contributed by atoms with Gasteiger partial charge in [-0.05, 0) is 130 Å². The van der Waals surface area contributed by atoms with Gasteiger partial charge in [-0.15, -0.1) is 0 Å². The maximum absolute atomic E-state index is 5.47. The highest BCUT2D eigenvalue weighted by atomic mass is 16.5. The molecular formula is C49H61N5O. The highest BCUT2D eigenvalue weighted by Gasteiger charge is 2.20. The number of aryl methyl sites for hydroxylation is 7. The van der Waals surface area contributed by atoms with Crippen LogP contribution in [0, 0.1) is 34.6 Å². The highest BCUT2D eigenvalue weighted by molar-refractivity contribution is 5.76. The summed E-state index contributed by atoms with van der Waals surface area (Å²) in [5.74, 6) is 3.61. The molecule has 0 saturated carbocycles. The molecule has 2 unspecified atom stereocenters. The first kappa shape index (κ1) is 39.6. The third-order valence-electron chi connectivity index (χ3n) is 11.3. The van der Waals surface area contributed by atoms with Gasteiger partial charge in [0.05, 0.1) is 6.61 Å². The average Bonchev–Trinajstić information content (AvgIpc) is 4.00. The molecule has 6 aromatic rings. The summed E-state index contributed by atoms with van der Waals surface area (Å²) >= 11 is 0. The van der Waals surface area contributed by atoms with Gasteiger partial charge in [0.25, 0.3) is 0 Å². The van der Waals surface area contributed by atoms with Crippen LogP contribution in [0.25, 0.3) is 11.0 Å². The zero-order chi connectivity index (χ0) is 39.2. The van der Waals surface area contributed by atoms with Crippen LogP contribution >= 0.6 is 0 Å². The number of anilines is 2. The standard InChI is InChI=1S/C11H14.C10H13N.C10H12O.C9H12N2.C9H10N2/c1-8-3-5-10-6-4-9(2)11(10)7-8;1-8-3-4-9-5-6-11(2)10(9)7-8;1-7-3-4-10-9(5-7)8(2)6-11-10;2*1-7-3-4-8-5-6-11(2)9(8)10-7/h3,5,7,9H,4,6H2,1-2H3;3-4,7H,5-6H2,1-2H3;3-5,8H,6H2,1-2H3;3-4H,5-6H2,1-2H3;3-6H,1-2H3. The summed E-state index contributed by atoms with van der Waals surface area (Å²) < 4.78 is 7.50. The fourth-order valence-corrected chi connectivity index (χ4v) is 7.79. The highest BCUT2D eigenvalue weighted by Crippen LogP contribution is 2.34. The molecule has 6 nitrogen and oxygen atoms in total. The van der Waals surface area contributed by atoms with Crippen LogP contribution < -0.4 is 14.5 Å². The fourth-order valence-electron chi connectivity index (χ4n) is 7.79. The number of hydrogen-bond acceptors (Lipinski definition) is 5. The number of ether oxygens (including phenoxy) is 1. The molecule has 3 aliphatic heterocycles. The molecule has 0 bridgehead atoms. The molecule has 288 valence electrons. The molecule has 6 heterocycles. The molecule has 3 aromatic carbocycles. The largest absolute Gasteiger partial charge is 0.493 e. The summed E-state index contributed by atoms with van der Waals surface area (Å²) in [5.41, 5.74) is 16.2. The van der Waals surface area contributed by atoms with Crippen molar-refractivity contribution in [1.82, 2.24) is 14.5 Å². The zero-order valence-electron chi connectivity index (χ0n) is 34.9. The quantitative estimate of drug-likeness (QED) is 0.155. The van der Waals surface area contributed by atoms with Gasteiger partial charge in [-0.2, -0.15) is 0 Å². The Morgan fingerprint density at radius 2 is 1.20 bits per heavy atom. The van der Waals surface area contributed by atoms with Crippen LogP contribution in [-0.2, 0) is 26.3 Å². The molecular weight excluding hydrogens is 675 g/mol. The number of hydrogen-bond donors (Lipinski definition) is 0. The Labute approximate surface area is 330 Å². The molecule has 0 N–H and O–H groups in total. The van der Waals surface area contributed by atoms with Gasteiger partial charge in [0.1, 0.15) is 17.2 Å². The van der Waals surface area contributed by atoms with Gasteiger partial charge in [-0.3, -0.25) is 0 Å². The number of fused-ring (bicyclic) bond motifs is 5. The number of likely N-dealkylation sites (N-methyl/N-ethyl adjacent to an activating group) is 2. The van der Waals surface area contributed by atoms with Crippen LogP contribution in [0.5, 0.6) is 5.75 Å². The fraction of sp³-hybridized carbons (Fsp3) is 0.388. The molecule has 0 amide bonds. The minimum atomic E-state index is 0.574. The first-order chi connectivity index (χ1) is 26.4. The second kappa shape index (κ2) is 17.6. The van der Waals surface area contributed by atoms with Gasteiger partial charge in [0.2, 0.25) is 0 Å². The van der Waals surface area contributed by atoms with Crippen molar-refractivity contribution in [3.05, 3.63) is 147 Å². The predicted octanol–water partition coefficient (Wildman–Crippen LogP) is 10.8. The van der Waals surface area contributed by atoms with Crippen LogP contribution in [0.2, 0.25) is 0 Å².